The molecule has 1 heterocycles. The van der Waals surface area contributed by atoms with Gasteiger partial charge in [0, 0.05) is 12.0 Å². The number of hydrogen-bond donors (Lipinski definition) is 2. The normalized spacial score (nSPS) is 10.6. The van der Waals surface area contributed by atoms with E-state index in [4.69, 9.17) is 5.73 Å². The standard InChI is InChI=1S/C14H16F2N4/c1-3-5-11-19-13(17)8(2)14(20-11)18-10-7-4-6-9(15)12(10)16/h4,6-7H,3,5H2,1-2H3,(H3,17,18,19,20). The fourth-order valence-electron chi connectivity index (χ4n) is 1.77. The number of rotatable bonds is 4. The number of nitrogens with zero attached hydrogens (tertiary/aromatic N) is 2. The van der Waals surface area contributed by atoms with Gasteiger partial charge in [-0.15, -0.1) is 0 Å². The molecule has 0 amide bonds. The summed E-state index contributed by atoms with van der Waals surface area (Å²) in [5.74, 6) is -0.548. The van der Waals surface area contributed by atoms with E-state index in [0.717, 1.165) is 12.5 Å². The number of aryl methyl sites for hydroxylation is 1. The van der Waals surface area contributed by atoms with Crippen LogP contribution in [0.25, 0.3) is 0 Å². The van der Waals surface area contributed by atoms with Crippen LogP contribution >= 0.6 is 0 Å². The largest absolute Gasteiger partial charge is 0.383 e. The molecule has 0 aliphatic heterocycles. The van der Waals surface area contributed by atoms with Gasteiger partial charge in [-0.25, -0.2) is 18.7 Å². The van der Waals surface area contributed by atoms with Crippen LogP contribution in [0, 0.1) is 18.6 Å². The molecule has 4 nitrogen and oxygen atoms in total. The van der Waals surface area contributed by atoms with E-state index in [9.17, 15) is 8.78 Å². The van der Waals surface area contributed by atoms with Crippen molar-refractivity contribution in [2.75, 3.05) is 11.1 Å². The third-order valence-corrected chi connectivity index (χ3v) is 2.91. The summed E-state index contributed by atoms with van der Waals surface area (Å²) in [5, 5.41) is 2.77. The lowest BCUT2D eigenvalue weighted by atomic mass is 10.2. The zero-order chi connectivity index (χ0) is 14.7. The summed E-state index contributed by atoms with van der Waals surface area (Å²) in [4.78, 5) is 8.46. The van der Waals surface area contributed by atoms with Crippen LogP contribution in [0.2, 0.25) is 0 Å². The lowest BCUT2D eigenvalue weighted by Crippen LogP contribution is -2.08. The quantitative estimate of drug-likeness (QED) is 0.900. The van der Waals surface area contributed by atoms with E-state index in [1.165, 1.54) is 12.1 Å². The SMILES string of the molecule is CCCc1nc(N)c(C)c(Nc2cccc(F)c2F)n1. The van der Waals surface area contributed by atoms with Gasteiger partial charge in [-0.2, -0.15) is 0 Å². The highest BCUT2D eigenvalue weighted by Crippen LogP contribution is 2.25. The molecule has 0 atom stereocenters. The van der Waals surface area contributed by atoms with E-state index in [-0.39, 0.29) is 5.69 Å². The van der Waals surface area contributed by atoms with Crippen molar-refractivity contribution < 1.29 is 8.78 Å². The zero-order valence-electron chi connectivity index (χ0n) is 11.4. The highest BCUT2D eigenvalue weighted by Gasteiger charge is 2.12. The summed E-state index contributed by atoms with van der Waals surface area (Å²) in [6.07, 6.45) is 1.54. The molecule has 106 valence electrons. The molecular formula is C14H16F2N4. The summed E-state index contributed by atoms with van der Waals surface area (Å²) in [6.45, 7) is 3.73. The Labute approximate surface area is 116 Å². The molecule has 0 unspecified atom stereocenters. The second-order valence-electron chi connectivity index (χ2n) is 4.48. The molecule has 0 aliphatic rings. The van der Waals surface area contributed by atoms with E-state index >= 15 is 0 Å². The minimum Gasteiger partial charge on any atom is -0.383 e. The number of nitrogens with one attached hydrogen (secondary N) is 1. The molecular weight excluding hydrogens is 262 g/mol. The van der Waals surface area contributed by atoms with Gasteiger partial charge in [0.25, 0.3) is 0 Å². The van der Waals surface area contributed by atoms with Crippen molar-refractivity contribution in [1.29, 1.82) is 0 Å². The first-order valence-electron chi connectivity index (χ1n) is 6.37. The maximum absolute atomic E-state index is 13.7. The minimum absolute atomic E-state index is 0.0219. The van der Waals surface area contributed by atoms with Crippen molar-refractivity contribution in [2.24, 2.45) is 0 Å². The fourth-order valence-corrected chi connectivity index (χ4v) is 1.77. The predicted molar refractivity (Wildman–Crippen MR) is 74.8 cm³/mol. The van der Waals surface area contributed by atoms with E-state index < -0.39 is 11.6 Å². The van der Waals surface area contributed by atoms with Gasteiger partial charge < -0.3 is 11.1 Å². The van der Waals surface area contributed by atoms with Crippen LogP contribution < -0.4 is 11.1 Å². The summed E-state index contributed by atoms with van der Waals surface area (Å²) >= 11 is 0. The Kier molecular flexibility index (Phi) is 4.12. The Balaban J connectivity index is 2.39. The second-order valence-corrected chi connectivity index (χ2v) is 4.48. The molecule has 0 aliphatic carbocycles. The van der Waals surface area contributed by atoms with Gasteiger partial charge in [0.1, 0.15) is 17.5 Å². The molecule has 0 spiro atoms. The van der Waals surface area contributed by atoms with Crippen LogP contribution in [-0.2, 0) is 6.42 Å². The van der Waals surface area contributed by atoms with Crippen molar-refractivity contribution in [3.8, 4) is 0 Å². The Morgan fingerprint density at radius 3 is 2.70 bits per heavy atom. The van der Waals surface area contributed by atoms with E-state index in [0.29, 0.717) is 29.4 Å². The molecule has 3 N–H and O–H groups in total. The highest BCUT2D eigenvalue weighted by atomic mass is 19.2. The maximum Gasteiger partial charge on any atom is 0.182 e. The lowest BCUT2D eigenvalue weighted by Gasteiger charge is -2.12. The monoisotopic (exact) mass is 278 g/mol. The van der Waals surface area contributed by atoms with Crippen molar-refractivity contribution in [3.05, 3.63) is 41.2 Å². The molecule has 20 heavy (non-hydrogen) atoms. The molecule has 0 saturated carbocycles. The van der Waals surface area contributed by atoms with Gasteiger partial charge in [0.05, 0.1) is 5.69 Å². The molecule has 0 fully saturated rings. The number of aromatic nitrogens is 2. The summed E-state index contributed by atoms with van der Waals surface area (Å²) in [7, 11) is 0. The highest BCUT2D eigenvalue weighted by molar-refractivity contribution is 5.64. The average Bonchev–Trinajstić information content (AvgIpc) is 2.41. The van der Waals surface area contributed by atoms with E-state index in [1.54, 1.807) is 6.92 Å². The maximum atomic E-state index is 13.7. The third-order valence-electron chi connectivity index (χ3n) is 2.91. The predicted octanol–water partition coefficient (Wildman–Crippen LogP) is 3.34. The Morgan fingerprint density at radius 1 is 1.25 bits per heavy atom. The molecule has 6 heteroatoms. The first-order chi connectivity index (χ1) is 9.52. The first kappa shape index (κ1) is 14.2. The third kappa shape index (κ3) is 2.84. The Hall–Kier alpha value is -2.24. The number of nitrogens with two attached hydrogens (primary N) is 1. The van der Waals surface area contributed by atoms with Gasteiger partial charge in [-0.3, -0.25) is 0 Å². The van der Waals surface area contributed by atoms with Crippen molar-refractivity contribution in [3.63, 3.8) is 0 Å². The van der Waals surface area contributed by atoms with Crippen LogP contribution in [0.1, 0.15) is 24.7 Å². The molecule has 0 saturated heterocycles. The van der Waals surface area contributed by atoms with Gasteiger partial charge >= 0.3 is 0 Å². The number of halogens is 2. The molecule has 1 aromatic carbocycles. The minimum atomic E-state index is -0.943. The van der Waals surface area contributed by atoms with Crippen LogP contribution in [0.15, 0.2) is 18.2 Å². The van der Waals surface area contributed by atoms with E-state index in [1.807, 2.05) is 6.92 Å². The smallest absolute Gasteiger partial charge is 0.182 e. The Morgan fingerprint density at radius 2 is 2.00 bits per heavy atom. The van der Waals surface area contributed by atoms with Crippen molar-refractivity contribution in [2.45, 2.75) is 26.7 Å². The summed E-state index contributed by atoms with van der Waals surface area (Å²) < 4.78 is 26.8. The topological polar surface area (TPSA) is 63.8 Å². The van der Waals surface area contributed by atoms with Gasteiger partial charge in [0.15, 0.2) is 11.6 Å². The van der Waals surface area contributed by atoms with Gasteiger partial charge in [-0.05, 0) is 25.5 Å². The van der Waals surface area contributed by atoms with Crippen molar-refractivity contribution >= 4 is 17.3 Å². The van der Waals surface area contributed by atoms with Crippen molar-refractivity contribution in [1.82, 2.24) is 9.97 Å². The van der Waals surface area contributed by atoms with Gasteiger partial charge in [-0.1, -0.05) is 13.0 Å². The second kappa shape index (κ2) is 5.81. The fraction of sp³-hybridized carbons (Fsp3) is 0.286. The van der Waals surface area contributed by atoms with Crippen LogP contribution in [0.4, 0.5) is 26.1 Å². The summed E-state index contributed by atoms with van der Waals surface area (Å²) in [6, 6.07) is 3.92. The average molecular weight is 278 g/mol. The molecule has 2 aromatic rings. The van der Waals surface area contributed by atoms with Crippen LogP contribution in [0.3, 0.4) is 0 Å². The van der Waals surface area contributed by atoms with Crippen LogP contribution in [-0.4, -0.2) is 9.97 Å². The molecule has 1 aromatic heterocycles. The van der Waals surface area contributed by atoms with Gasteiger partial charge in [0.2, 0.25) is 0 Å². The number of anilines is 3. The molecule has 2 rings (SSSR count). The van der Waals surface area contributed by atoms with Crippen LogP contribution in [0.5, 0.6) is 0 Å². The lowest BCUT2D eigenvalue weighted by molar-refractivity contribution is 0.511. The number of benzene rings is 1. The summed E-state index contributed by atoms with van der Waals surface area (Å²) in [5.41, 5.74) is 6.44. The first-order valence-corrected chi connectivity index (χ1v) is 6.37. The Bertz CT molecular complexity index is 629. The molecule has 0 radical (unpaired) electrons. The number of hydrogen-bond acceptors (Lipinski definition) is 4. The van der Waals surface area contributed by atoms with E-state index in [2.05, 4.69) is 15.3 Å². The number of nitrogen functional groups attached to an aromatic ring is 1. The zero-order valence-corrected chi connectivity index (χ0v) is 11.4. The molecule has 0 bridgehead atoms.